The van der Waals surface area contributed by atoms with E-state index in [-0.39, 0.29) is 18.2 Å². The molecule has 0 amide bonds. The SMILES string of the molecule is CC(=O)O[C@H]1CCO[C@@H](c2ccccc2)C1. The Labute approximate surface area is 95.4 Å². The van der Waals surface area contributed by atoms with Gasteiger partial charge in [0.2, 0.25) is 0 Å². The zero-order chi connectivity index (χ0) is 11.4. The van der Waals surface area contributed by atoms with Crippen molar-refractivity contribution in [2.24, 2.45) is 0 Å². The summed E-state index contributed by atoms with van der Waals surface area (Å²) in [7, 11) is 0. The Hall–Kier alpha value is -1.35. The van der Waals surface area contributed by atoms with Gasteiger partial charge in [-0.1, -0.05) is 30.3 Å². The summed E-state index contributed by atoms with van der Waals surface area (Å²) < 4.78 is 10.9. The first-order valence-corrected chi connectivity index (χ1v) is 5.59. The van der Waals surface area contributed by atoms with Gasteiger partial charge < -0.3 is 9.47 Å². The summed E-state index contributed by atoms with van der Waals surface area (Å²) in [6.45, 7) is 2.10. The van der Waals surface area contributed by atoms with Gasteiger partial charge in [-0.3, -0.25) is 4.79 Å². The summed E-state index contributed by atoms with van der Waals surface area (Å²) >= 11 is 0. The van der Waals surface area contributed by atoms with Crippen LogP contribution in [0.25, 0.3) is 0 Å². The molecule has 0 radical (unpaired) electrons. The summed E-state index contributed by atoms with van der Waals surface area (Å²) in [5.41, 5.74) is 1.15. The van der Waals surface area contributed by atoms with Crippen molar-refractivity contribution in [3.8, 4) is 0 Å². The Morgan fingerprint density at radius 2 is 2.12 bits per heavy atom. The highest BCUT2D eigenvalue weighted by atomic mass is 16.6. The molecule has 2 atom stereocenters. The smallest absolute Gasteiger partial charge is 0.302 e. The molecule has 2 rings (SSSR count). The fraction of sp³-hybridized carbons (Fsp3) is 0.462. The van der Waals surface area contributed by atoms with E-state index in [0.29, 0.717) is 6.61 Å². The van der Waals surface area contributed by atoms with E-state index in [0.717, 1.165) is 18.4 Å². The molecule has 0 saturated carbocycles. The van der Waals surface area contributed by atoms with Gasteiger partial charge in [-0.25, -0.2) is 0 Å². The lowest BCUT2D eigenvalue weighted by molar-refractivity contribution is -0.153. The maximum absolute atomic E-state index is 10.9. The van der Waals surface area contributed by atoms with Gasteiger partial charge in [0.15, 0.2) is 0 Å². The van der Waals surface area contributed by atoms with E-state index < -0.39 is 0 Å². The van der Waals surface area contributed by atoms with Crippen molar-refractivity contribution in [3.63, 3.8) is 0 Å². The van der Waals surface area contributed by atoms with Crippen LogP contribution in [0.3, 0.4) is 0 Å². The van der Waals surface area contributed by atoms with Gasteiger partial charge in [-0.2, -0.15) is 0 Å². The van der Waals surface area contributed by atoms with E-state index in [1.165, 1.54) is 6.92 Å². The minimum absolute atomic E-state index is 0.00328. The highest BCUT2D eigenvalue weighted by Crippen LogP contribution is 2.29. The first-order chi connectivity index (χ1) is 7.75. The fourth-order valence-electron chi connectivity index (χ4n) is 2.01. The Morgan fingerprint density at radius 3 is 2.81 bits per heavy atom. The molecule has 1 aromatic carbocycles. The van der Waals surface area contributed by atoms with E-state index in [9.17, 15) is 4.79 Å². The Kier molecular flexibility index (Phi) is 3.57. The molecule has 1 aromatic rings. The summed E-state index contributed by atoms with van der Waals surface area (Å²) in [6, 6.07) is 10.1. The average Bonchev–Trinajstić information content (AvgIpc) is 2.30. The maximum atomic E-state index is 10.9. The van der Waals surface area contributed by atoms with Crippen LogP contribution in [-0.4, -0.2) is 18.7 Å². The number of hydrogen-bond donors (Lipinski definition) is 0. The predicted octanol–water partition coefficient (Wildman–Crippen LogP) is 2.47. The second-order valence-electron chi connectivity index (χ2n) is 4.03. The van der Waals surface area contributed by atoms with Crippen molar-refractivity contribution >= 4 is 5.97 Å². The largest absolute Gasteiger partial charge is 0.462 e. The summed E-state index contributed by atoms with van der Waals surface area (Å²) in [5, 5.41) is 0. The molecule has 1 saturated heterocycles. The summed E-state index contributed by atoms with van der Waals surface area (Å²) in [4.78, 5) is 10.9. The highest BCUT2D eigenvalue weighted by molar-refractivity contribution is 5.66. The zero-order valence-corrected chi connectivity index (χ0v) is 9.39. The van der Waals surface area contributed by atoms with E-state index in [1.54, 1.807) is 0 Å². The molecule has 1 fully saturated rings. The molecule has 0 aromatic heterocycles. The van der Waals surface area contributed by atoms with Crippen LogP contribution < -0.4 is 0 Å². The monoisotopic (exact) mass is 220 g/mol. The van der Waals surface area contributed by atoms with Crippen molar-refractivity contribution in [1.29, 1.82) is 0 Å². The van der Waals surface area contributed by atoms with Crippen LogP contribution in [0.1, 0.15) is 31.4 Å². The minimum Gasteiger partial charge on any atom is -0.462 e. The number of carbonyl (C=O) groups is 1. The molecule has 0 aliphatic carbocycles. The molecule has 3 heteroatoms. The fourth-order valence-corrected chi connectivity index (χ4v) is 2.01. The normalized spacial score (nSPS) is 25.1. The number of rotatable bonds is 2. The molecule has 86 valence electrons. The van der Waals surface area contributed by atoms with Gasteiger partial charge >= 0.3 is 5.97 Å². The highest BCUT2D eigenvalue weighted by Gasteiger charge is 2.25. The molecule has 1 aliphatic rings. The number of ether oxygens (including phenoxy) is 2. The van der Waals surface area contributed by atoms with Crippen molar-refractivity contribution in [3.05, 3.63) is 35.9 Å². The average molecular weight is 220 g/mol. The molecule has 16 heavy (non-hydrogen) atoms. The van der Waals surface area contributed by atoms with Gasteiger partial charge in [-0.05, 0) is 5.56 Å². The molecule has 1 heterocycles. The second kappa shape index (κ2) is 5.12. The van der Waals surface area contributed by atoms with Crippen molar-refractivity contribution < 1.29 is 14.3 Å². The van der Waals surface area contributed by atoms with Crippen molar-refractivity contribution in [1.82, 2.24) is 0 Å². The molecule has 0 N–H and O–H groups in total. The Balaban J connectivity index is 1.99. The number of hydrogen-bond acceptors (Lipinski definition) is 3. The summed E-state index contributed by atoms with van der Waals surface area (Å²) in [5.74, 6) is -0.210. The predicted molar refractivity (Wildman–Crippen MR) is 59.9 cm³/mol. The van der Waals surface area contributed by atoms with Crippen LogP contribution in [0.2, 0.25) is 0 Å². The lowest BCUT2D eigenvalue weighted by Crippen LogP contribution is -2.27. The number of carbonyl (C=O) groups excluding carboxylic acids is 1. The van der Waals surface area contributed by atoms with Crippen LogP contribution >= 0.6 is 0 Å². The first-order valence-electron chi connectivity index (χ1n) is 5.59. The van der Waals surface area contributed by atoms with E-state index >= 15 is 0 Å². The zero-order valence-electron chi connectivity index (χ0n) is 9.39. The third-order valence-corrected chi connectivity index (χ3v) is 2.74. The van der Waals surface area contributed by atoms with Gasteiger partial charge in [0.25, 0.3) is 0 Å². The van der Waals surface area contributed by atoms with Gasteiger partial charge in [-0.15, -0.1) is 0 Å². The van der Waals surface area contributed by atoms with E-state index in [1.807, 2.05) is 30.3 Å². The van der Waals surface area contributed by atoms with E-state index in [4.69, 9.17) is 9.47 Å². The second-order valence-corrected chi connectivity index (χ2v) is 4.03. The quantitative estimate of drug-likeness (QED) is 0.718. The molecule has 0 bridgehead atoms. The Morgan fingerprint density at radius 1 is 1.38 bits per heavy atom. The van der Waals surface area contributed by atoms with Gasteiger partial charge in [0.05, 0.1) is 12.7 Å². The lowest BCUT2D eigenvalue weighted by atomic mass is 9.99. The van der Waals surface area contributed by atoms with Crippen LogP contribution in [0.5, 0.6) is 0 Å². The summed E-state index contributed by atoms with van der Waals surface area (Å²) in [6.07, 6.45) is 1.60. The number of esters is 1. The molecule has 3 nitrogen and oxygen atoms in total. The lowest BCUT2D eigenvalue weighted by Gasteiger charge is -2.29. The molecule has 0 unspecified atom stereocenters. The van der Waals surface area contributed by atoms with Crippen LogP contribution in [0.4, 0.5) is 0 Å². The topological polar surface area (TPSA) is 35.5 Å². The third kappa shape index (κ3) is 2.83. The number of benzene rings is 1. The van der Waals surface area contributed by atoms with Crippen molar-refractivity contribution in [2.75, 3.05) is 6.61 Å². The standard InChI is InChI=1S/C13H16O3/c1-10(14)16-12-7-8-15-13(9-12)11-5-3-2-4-6-11/h2-6,12-13H,7-9H2,1H3/t12-,13+/m0/s1. The molecule has 1 aliphatic heterocycles. The van der Waals surface area contributed by atoms with Gasteiger partial charge in [0.1, 0.15) is 6.10 Å². The molecule has 0 spiro atoms. The van der Waals surface area contributed by atoms with Gasteiger partial charge in [0, 0.05) is 19.8 Å². The van der Waals surface area contributed by atoms with E-state index in [2.05, 4.69) is 0 Å². The molecular formula is C13H16O3. The van der Waals surface area contributed by atoms with Crippen LogP contribution in [-0.2, 0) is 14.3 Å². The molecular weight excluding hydrogens is 204 g/mol. The van der Waals surface area contributed by atoms with Crippen LogP contribution in [0, 0.1) is 0 Å². The third-order valence-electron chi connectivity index (χ3n) is 2.74. The van der Waals surface area contributed by atoms with Crippen LogP contribution in [0.15, 0.2) is 30.3 Å². The maximum Gasteiger partial charge on any atom is 0.302 e. The minimum atomic E-state index is -0.210. The first kappa shape index (κ1) is 11.1. The van der Waals surface area contributed by atoms with Crippen molar-refractivity contribution in [2.45, 2.75) is 32.0 Å². The Bertz CT molecular complexity index is 347.